The summed E-state index contributed by atoms with van der Waals surface area (Å²) in [5.41, 5.74) is 0.506. The van der Waals surface area contributed by atoms with Gasteiger partial charge in [0.15, 0.2) is 0 Å². The highest BCUT2D eigenvalue weighted by molar-refractivity contribution is 7.99. The van der Waals surface area contributed by atoms with Gasteiger partial charge in [0, 0.05) is 4.90 Å². The average molecular weight is 209 g/mol. The summed E-state index contributed by atoms with van der Waals surface area (Å²) in [6.07, 6.45) is 1.79. The van der Waals surface area contributed by atoms with Gasteiger partial charge in [-0.3, -0.25) is 4.79 Å². The molecule has 4 heteroatoms. The highest BCUT2D eigenvalue weighted by Crippen LogP contribution is 2.17. The van der Waals surface area contributed by atoms with E-state index in [2.05, 4.69) is 4.74 Å². The van der Waals surface area contributed by atoms with Crippen molar-refractivity contribution in [3.05, 3.63) is 29.8 Å². The Labute approximate surface area is 86.5 Å². The Kier molecular flexibility index (Phi) is 4.19. The van der Waals surface area contributed by atoms with E-state index in [4.69, 9.17) is 0 Å². The number of carbonyl (C=O) groups is 1. The van der Waals surface area contributed by atoms with Crippen LogP contribution in [0.25, 0.3) is 0 Å². The molecule has 1 rings (SSSR count). The monoisotopic (exact) mass is 209 g/mol. The summed E-state index contributed by atoms with van der Waals surface area (Å²) in [6, 6.07) is 6.88. The third kappa shape index (κ3) is 2.88. The fraction of sp³-hybridized carbons (Fsp3) is 0.200. The van der Waals surface area contributed by atoms with E-state index < -0.39 is 0 Å². The fourth-order valence-electron chi connectivity index (χ4n) is 0.918. The van der Waals surface area contributed by atoms with E-state index in [1.54, 1.807) is 30.6 Å². The van der Waals surface area contributed by atoms with E-state index >= 15 is 0 Å². The lowest BCUT2D eigenvalue weighted by molar-refractivity contribution is 0.0600. The van der Waals surface area contributed by atoms with Crippen LogP contribution in [0.4, 0.5) is 0 Å². The van der Waals surface area contributed by atoms with E-state index in [0.29, 0.717) is 11.3 Å². The van der Waals surface area contributed by atoms with Crippen molar-refractivity contribution in [2.75, 3.05) is 12.9 Å². The predicted octanol–water partition coefficient (Wildman–Crippen LogP) is 1.68. The molecule has 0 fully saturated rings. The fourth-order valence-corrected chi connectivity index (χ4v) is 1.47. The first kappa shape index (κ1) is 10.8. The van der Waals surface area contributed by atoms with Crippen LogP contribution in [0.5, 0.6) is 0 Å². The van der Waals surface area contributed by atoms with Gasteiger partial charge in [-0.15, -0.1) is 11.8 Å². The lowest BCUT2D eigenvalue weighted by atomic mass is 10.2. The molecule has 0 N–H and O–H groups in total. The zero-order valence-corrected chi connectivity index (χ0v) is 8.47. The number of hydrogen-bond donors (Lipinski definition) is 0. The van der Waals surface area contributed by atoms with Crippen molar-refractivity contribution in [3.8, 4) is 0 Å². The maximum Gasteiger partial charge on any atom is 0.337 e. The molecule has 0 aromatic heterocycles. The van der Waals surface area contributed by atoms with E-state index in [-0.39, 0.29) is 5.97 Å². The summed E-state index contributed by atoms with van der Waals surface area (Å²) in [4.78, 5) is 22.0. The van der Waals surface area contributed by atoms with Gasteiger partial charge in [0.1, 0.15) is 0 Å². The van der Waals surface area contributed by atoms with Crippen molar-refractivity contribution >= 4 is 24.0 Å². The molecule has 73 valence electrons. The van der Waals surface area contributed by atoms with E-state index in [1.807, 2.05) is 0 Å². The van der Waals surface area contributed by atoms with Crippen molar-refractivity contribution in [2.24, 2.45) is 0 Å². The molecule has 3 nitrogen and oxygen atoms in total. The Hall–Kier alpha value is -1.29. The van der Waals surface area contributed by atoms with E-state index in [9.17, 15) is 9.59 Å². The van der Waals surface area contributed by atoms with Crippen molar-refractivity contribution in [2.45, 2.75) is 4.90 Å². The second kappa shape index (κ2) is 5.44. The first-order valence-corrected chi connectivity index (χ1v) is 4.92. The van der Waals surface area contributed by atoms with Crippen molar-refractivity contribution < 1.29 is 14.3 Å². The smallest absolute Gasteiger partial charge is 0.337 e. The van der Waals surface area contributed by atoms with Crippen LogP contribution in [0.2, 0.25) is 0 Å². The Morgan fingerprint density at radius 3 is 2.57 bits per heavy atom. The van der Waals surface area contributed by atoms with Gasteiger partial charge < -0.3 is 4.74 Å². The van der Waals surface area contributed by atoms with Gasteiger partial charge in [-0.25, -0.2) is 4.79 Å². The standard InChI is InChI=1S/C10H9O3S/c1-13-10(12)8-2-4-9(5-3-8)14-7-6-11/h2-5H,7H2,1H3. The summed E-state index contributed by atoms with van der Waals surface area (Å²) >= 11 is 1.37. The maximum absolute atomic E-state index is 11.0. The van der Waals surface area contributed by atoms with Gasteiger partial charge in [-0.1, -0.05) is 0 Å². The number of benzene rings is 1. The second-order valence-electron chi connectivity index (χ2n) is 2.45. The summed E-state index contributed by atoms with van der Waals surface area (Å²) in [5.74, 6) is -0.0547. The quantitative estimate of drug-likeness (QED) is 0.559. The van der Waals surface area contributed by atoms with Crippen LogP contribution in [-0.4, -0.2) is 25.1 Å². The summed E-state index contributed by atoms with van der Waals surface area (Å²) in [6.45, 7) is 0. The topological polar surface area (TPSA) is 43.4 Å². The minimum absolute atomic E-state index is 0.303. The van der Waals surface area contributed by atoms with Crippen LogP contribution in [0.15, 0.2) is 29.2 Å². The highest BCUT2D eigenvalue weighted by Gasteiger charge is 2.03. The molecule has 0 amide bonds. The third-order valence-electron chi connectivity index (χ3n) is 1.57. The SMILES string of the molecule is COC(=O)c1ccc(SC[C]=O)cc1. The van der Waals surface area contributed by atoms with Gasteiger partial charge in [0.2, 0.25) is 6.29 Å². The van der Waals surface area contributed by atoms with Gasteiger partial charge in [0.05, 0.1) is 18.4 Å². The number of carbonyl (C=O) groups excluding carboxylic acids is 2. The molecule has 1 aromatic carbocycles. The molecular formula is C10H9O3S. The number of methoxy groups -OCH3 is 1. The zero-order valence-electron chi connectivity index (χ0n) is 7.65. The molecule has 0 spiro atoms. The first-order chi connectivity index (χ1) is 6.77. The van der Waals surface area contributed by atoms with Crippen molar-refractivity contribution in [1.82, 2.24) is 0 Å². The maximum atomic E-state index is 11.0. The molecule has 0 aliphatic heterocycles. The molecule has 0 heterocycles. The van der Waals surface area contributed by atoms with Gasteiger partial charge in [-0.05, 0) is 24.3 Å². The number of rotatable bonds is 4. The van der Waals surface area contributed by atoms with Crippen LogP contribution in [-0.2, 0) is 9.53 Å². The normalized spacial score (nSPS) is 9.50. The Morgan fingerprint density at radius 1 is 1.43 bits per heavy atom. The van der Waals surface area contributed by atoms with Crippen LogP contribution < -0.4 is 0 Å². The molecule has 0 unspecified atom stereocenters. The lowest BCUT2D eigenvalue weighted by Gasteiger charge is -2.00. The van der Waals surface area contributed by atoms with Gasteiger partial charge in [-0.2, -0.15) is 0 Å². The number of hydrogen-bond acceptors (Lipinski definition) is 4. The minimum atomic E-state index is -0.358. The van der Waals surface area contributed by atoms with Crippen LogP contribution >= 0.6 is 11.8 Å². The molecule has 14 heavy (non-hydrogen) atoms. The molecule has 0 bridgehead atoms. The largest absolute Gasteiger partial charge is 0.465 e. The summed E-state index contributed by atoms with van der Waals surface area (Å²) < 4.78 is 4.55. The summed E-state index contributed by atoms with van der Waals surface area (Å²) in [5, 5.41) is 0. The average Bonchev–Trinajstić information content (AvgIpc) is 2.26. The number of esters is 1. The van der Waals surface area contributed by atoms with Gasteiger partial charge in [0.25, 0.3) is 0 Å². The van der Waals surface area contributed by atoms with Crippen LogP contribution in [0, 0.1) is 0 Å². The molecule has 0 atom stereocenters. The minimum Gasteiger partial charge on any atom is -0.465 e. The Morgan fingerprint density at radius 2 is 2.07 bits per heavy atom. The number of ether oxygens (including phenoxy) is 1. The Bertz CT molecular complexity index is 319. The first-order valence-electron chi connectivity index (χ1n) is 3.94. The number of thioether (sulfide) groups is 1. The van der Waals surface area contributed by atoms with E-state index in [0.717, 1.165) is 4.90 Å². The summed E-state index contributed by atoms with van der Waals surface area (Å²) in [7, 11) is 1.34. The molecule has 0 aliphatic carbocycles. The second-order valence-corrected chi connectivity index (χ2v) is 3.50. The third-order valence-corrected chi connectivity index (χ3v) is 2.44. The lowest BCUT2D eigenvalue weighted by Crippen LogP contribution is -2.00. The molecule has 0 saturated carbocycles. The zero-order chi connectivity index (χ0) is 10.4. The molecule has 0 saturated heterocycles. The van der Waals surface area contributed by atoms with E-state index in [1.165, 1.54) is 18.9 Å². The molecule has 1 aromatic rings. The molecule has 1 radical (unpaired) electrons. The molecule has 0 aliphatic rings. The van der Waals surface area contributed by atoms with Crippen molar-refractivity contribution in [3.63, 3.8) is 0 Å². The van der Waals surface area contributed by atoms with Crippen LogP contribution in [0.1, 0.15) is 10.4 Å². The highest BCUT2D eigenvalue weighted by atomic mass is 32.2. The van der Waals surface area contributed by atoms with Crippen LogP contribution in [0.3, 0.4) is 0 Å². The predicted molar refractivity (Wildman–Crippen MR) is 54.2 cm³/mol. The Balaban J connectivity index is 2.68. The van der Waals surface area contributed by atoms with Gasteiger partial charge >= 0.3 is 5.97 Å². The molecular weight excluding hydrogens is 200 g/mol. The van der Waals surface area contributed by atoms with Crippen molar-refractivity contribution in [1.29, 1.82) is 0 Å².